The Balaban J connectivity index is 2.84. The lowest BCUT2D eigenvalue weighted by Crippen LogP contribution is -2.21. The molecule has 0 fully saturated rings. The minimum absolute atomic E-state index is 0.196. The predicted octanol–water partition coefficient (Wildman–Crippen LogP) is 3.76. The van der Waals surface area contributed by atoms with Crippen molar-refractivity contribution in [3.05, 3.63) is 23.3 Å². The molecular formula is C14H22O. The molecule has 3 atom stereocenters. The van der Waals surface area contributed by atoms with Crippen molar-refractivity contribution in [2.45, 2.75) is 41.0 Å². The summed E-state index contributed by atoms with van der Waals surface area (Å²) in [5.74, 6) is 2.00. The van der Waals surface area contributed by atoms with Crippen LogP contribution >= 0.6 is 0 Å². The summed E-state index contributed by atoms with van der Waals surface area (Å²) >= 11 is 0. The maximum absolute atomic E-state index is 11.2. The summed E-state index contributed by atoms with van der Waals surface area (Å²) < 4.78 is 0. The molecule has 0 spiro atoms. The summed E-state index contributed by atoms with van der Waals surface area (Å²) in [5.41, 5.74) is 2.37. The zero-order chi connectivity index (χ0) is 11.6. The summed E-state index contributed by atoms with van der Waals surface area (Å²) in [5, 5.41) is 0. The summed E-state index contributed by atoms with van der Waals surface area (Å²) in [6.07, 6.45) is 5.63. The van der Waals surface area contributed by atoms with Gasteiger partial charge in [-0.25, -0.2) is 0 Å². The molecule has 1 aliphatic rings. The zero-order valence-corrected chi connectivity index (χ0v) is 10.5. The summed E-state index contributed by atoms with van der Waals surface area (Å²) in [6, 6.07) is 0. The highest BCUT2D eigenvalue weighted by molar-refractivity contribution is 5.92. The van der Waals surface area contributed by atoms with Crippen molar-refractivity contribution in [3.63, 3.8) is 0 Å². The largest absolute Gasteiger partial charge is 0.295 e. The van der Waals surface area contributed by atoms with Gasteiger partial charge < -0.3 is 0 Å². The van der Waals surface area contributed by atoms with Crippen LogP contribution in [-0.2, 0) is 4.79 Å². The van der Waals surface area contributed by atoms with E-state index in [1.165, 1.54) is 5.57 Å². The van der Waals surface area contributed by atoms with Crippen LogP contribution in [0.3, 0.4) is 0 Å². The first-order valence-electron chi connectivity index (χ1n) is 5.78. The van der Waals surface area contributed by atoms with Crippen LogP contribution in [0.2, 0.25) is 0 Å². The van der Waals surface area contributed by atoms with E-state index in [9.17, 15) is 4.79 Å². The van der Waals surface area contributed by atoms with Gasteiger partial charge in [0.05, 0.1) is 0 Å². The fraction of sp³-hybridized carbons (Fsp3) is 0.643. The normalized spacial score (nSPS) is 32.5. The van der Waals surface area contributed by atoms with E-state index >= 15 is 0 Å². The van der Waals surface area contributed by atoms with Crippen LogP contribution in [0.25, 0.3) is 0 Å². The molecule has 0 aromatic heterocycles. The SMILES string of the molecule is CC(=O)C(C)=CC1CC(C)=CC(C)C1C. The molecule has 0 saturated heterocycles. The van der Waals surface area contributed by atoms with Gasteiger partial charge in [-0.1, -0.05) is 31.6 Å². The molecule has 0 amide bonds. The summed E-state index contributed by atoms with van der Waals surface area (Å²) in [7, 11) is 0. The quantitative estimate of drug-likeness (QED) is 0.496. The molecule has 1 heteroatoms. The van der Waals surface area contributed by atoms with E-state index < -0.39 is 0 Å². The number of Topliss-reactive ketones (excluding diaryl/α,β-unsaturated/α-hetero) is 1. The van der Waals surface area contributed by atoms with Gasteiger partial charge in [0.2, 0.25) is 0 Å². The van der Waals surface area contributed by atoms with Gasteiger partial charge in [0, 0.05) is 0 Å². The fourth-order valence-corrected chi connectivity index (χ4v) is 2.27. The number of ketones is 1. The van der Waals surface area contributed by atoms with Crippen molar-refractivity contribution in [2.24, 2.45) is 17.8 Å². The van der Waals surface area contributed by atoms with Crippen molar-refractivity contribution < 1.29 is 4.79 Å². The number of carbonyl (C=O) groups is 1. The van der Waals surface area contributed by atoms with Crippen molar-refractivity contribution in [2.75, 3.05) is 0 Å². The topological polar surface area (TPSA) is 17.1 Å². The van der Waals surface area contributed by atoms with Gasteiger partial charge in [-0.05, 0) is 50.5 Å². The second-order valence-corrected chi connectivity index (χ2v) is 5.01. The second-order valence-electron chi connectivity index (χ2n) is 5.01. The standard InChI is InChI=1S/C14H22O/c1-9-6-10(2)12(4)14(7-9)8-11(3)13(5)15/h6,8,10,12,14H,7H2,1-5H3. The lowest BCUT2D eigenvalue weighted by Gasteiger charge is -2.31. The predicted molar refractivity (Wildman–Crippen MR) is 64.6 cm³/mol. The molecule has 0 aromatic rings. The Morgan fingerprint density at radius 3 is 2.53 bits per heavy atom. The van der Waals surface area contributed by atoms with Gasteiger partial charge in [0.1, 0.15) is 0 Å². The molecule has 0 heterocycles. The molecule has 0 saturated carbocycles. The van der Waals surface area contributed by atoms with Crippen molar-refractivity contribution >= 4 is 5.78 Å². The first-order chi connectivity index (χ1) is 6.91. The maximum atomic E-state index is 11.2. The number of allylic oxidation sites excluding steroid dienone is 4. The molecule has 15 heavy (non-hydrogen) atoms. The smallest absolute Gasteiger partial charge is 0.155 e. The highest BCUT2D eigenvalue weighted by atomic mass is 16.1. The highest BCUT2D eigenvalue weighted by Crippen LogP contribution is 2.34. The van der Waals surface area contributed by atoms with E-state index in [4.69, 9.17) is 0 Å². The maximum Gasteiger partial charge on any atom is 0.155 e. The van der Waals surface area contributed by atoms with E-state index in [0.717, 1.165) is 12.0 Å². The number of carbonyl (C=O) groups excluding carboxylic acids is 1. The fourth-order valence-electron chi connectivity index (χ4n) is 2.27. The Bertz CT molecular complexity index is 309. The second kappa shape index (κ2) is 4.78. The number of rotatable bonds is 2. The van der Waals surface area contributed by atoms with E-state index in [-0.39, 0.29) is 5.78 Å². The van der Waals surface area contributed by atoms with Crippen LogP contribution in [0.15, 0.2) is 23.3 Å². The molecule has 1 aliphatic carbocycles. The van der Waals surface area contributed by atoms with Crippen LogP contribution in [0.5, 0.6) is 0 Å². The minimum Gasteiger partial charge on any atom is -0.295 e. The zero-order valence-electron chi connectivity index (χ0n) is 10.5. The Hall–Kier alpha value is -0.850. The Labute approximate surface area is 93.3 Å². The molecule has 0 bridgehead atoms. The van der Waals surface area contributed by atoms with Gasteiger partial charge in [-0.2, -0.15) is 0 Å². The molecule has 1 rings (SSSR count). The van der Waals surface area contributed by atoms with Crippen LogP contribution in [0, 0.1) is 17.8 Å². The average molecular weight is 206 g/mol. The van der Waals surface area contributed by atoms with E-state index in [1.807, 2.05) is 6.92 Å². The lowest BCUT2D eigenvalue weighted by molar-refractivity contribution is -0.113. The third kappa shape index (κ3) is 3.05. The third-order valence-corrected chi connectivity index (χ3v) is 3.63. The summed E-state index contributed by atoms with van der Waals surface area (Å²) in [6.45, 7) is 10.3. The first-order valence-corrected chi connectivity index (χ1v) is 5.78. The minimum atomic E-state index is 0.196. The molecule has 0 radical (unpaired) electrons. The Morgan fingerprint density at radius 2 is 2.00 bits per heavy atom. The Kier molecular flexibility index (Phi) is 3.90. The first kappa shape index (κ1) is 12.2. The van der Waals surface area contributed by atoms with Gasteiger partial charge in [-0.3, -0.25) is 4.79 Å². The molecule has 0 aromatic carbocycles. The van der Waals surface area contributed by atoms with Crippen molar-refractivity contribution in [1.82, 2.24) is 0 Å². The molecule has 0 aliphatic heterocycles. The molecule has 0 N–H and O–H groups in total. The molecule has 84 valence electrons. The highest BCUT2D eigenvalue weighted by Gasteiger charge is 2.24. The molecule has 1 nitrogen and oxygen atoms in total. The van der Waals surface area contributed by atoms with E-state index in [0.29, 0.717) is 17.8 Å². The Morgan fingerprint density at radius 1 is 1.40 bits per heavy atom. The van der Waals surface area contributed by atoms with Crippen LogP contribution in [0.4, 0.5) is 0 Å². The summed E-state index contributed by atoms with van der Waals surface area (Å²) in [4.78, 5) is 11.2. The molecular weight excluding hydrogens is 184 g/mol. The van der Waals surface area contributed by atoms with Crippen molar-refractivity contribution in [3.8, 4) is 0 Å². The monoisotopic (exact) mass is 206 g/mol. The van der Waals surface area contributed by atoms with Crippen LogP contribution < -0.4 is 0 Å². The third-order valence-electron chi connectivity index (χ3n) is 3.63. The van der Waals surface area contributed by atoms with Gasteiger partial charge in [0.15, 0.2) is 5.78 Å². The average Bonchev–Trinajstić information content (AvgIpc) is 2.13. The van der Waals surface area contributed by atoms with Crippen LogP contribution in [-0.4, -0.2) is 5.78 Å². The van der Waals surface area contributed by atoms with Crippen LogP contribution in [0.1, 0.15) is 41.0 Å². The van der Waals surface area contributed by atoms with Gasteiger partial charge in [0.25, 0.3) is 0 Å². The van der Waals surface area contributed by atoms with E-state index in [1.54, 1.807) is 6.92 Å². The van der Waals surface area contributed by atoms with Crippen molar-refractivity contribution in [1.29, 1.82) is 0 Å². The van der Waals surface area contributed by atoms with E-state index in [2.05, 4.69) is 32.9 Å². The number of hydrogen-bond acceptors (Lipinski definition) is 1. The lowest BCUT2D eigenvalue weighted by atomic mass is 9.74. The number of hydrogen-bond donors (Lipinski definition) is 0. The molecule has 3 unspecified atom stereocenters. The van der Waals surface area contributed by atoms with Gasteiger partial charge >= 0.3 is 0 Å². The van der Waals surface area contributed by atoms with Gasteiger partial charge in [-0.15, -0.1) is 0 Å².